The number of aromatic nitrogens is 4. The molecule has 0 saturated carbocycles. The summed E-state index contributed by atoms with van der Waals surface area (Å²) in [5.74, 6) is -3.29. The average molecular weight is 631 g/mol. The molecule has 238 valence electrons. The van der Waals surface area contributed by atoms with Gasteiger partial charge in [0.25, 0.3) is 0 Å². The van der Waals surface area contributed by atoms with Gasteiger partial charge in [0.1, 0.15) is 5.76 Å². The third kappa shape index (κ3) is 10.6. The van der Waals surface area contributed by atoms with Crippen molar-refractivity contribution in [3.8, 4) is 0 Å². The third-order valence-electron chi connectivity index (χ3n) is 6.19. The summed E-state index contributed by atoms with van der Waals surface area (Å²) in [5, 5.41) is 26.6. The molecule has 0 amide bonds. The van der Waals surface area contributed by atoms with Crippen LogP contribution in [0.3, 0.4) is 0 Å². The first-order chi connectivity index (χ1) is 20.6. The standard InChI is InChI=1S/C23H26N6O.2C2HF3O2/c1-17-13-21(27-30-17)15-28-11-9-19(10-12-28)23-25-22-8-7-20(16-29(22)26-23)24-14-18-5-3-2-4-6-18;2*3-2(4,5)1(6)7/h2-8,13,16,19,24H,9-12,14-15H2,1H3;2*(H,6,7). The fourth-order valence-electron chi connectivity index (χ4n) is 4.05. The van der Waals surface area contributed by atoms with Crippen LogP contribution in [0.2, 0.25) is 0 Å². The van der Waals surface area contributed by atoms with Crippen LogP contribution in [-0.4, -0.2) is 72.2 Å². The maximum atomic E-state index is 10.6. The first-order valence-corrected chi connectivity index (χ1v) is 13.0. The van der Waals surface area contributed by atoms with Gasteiger partial charge in [-0.25, -0.2) is 19.1 Å². The molecule has 0 unspecified atom stereocenters. The first-order valence-electron chi connectivity index (χ1n) is 13.0. The van der Waals surface area contributed by atoms with Crippen molar-refractivity contribution in [1.29, 1.82) is 0 Å². The third-order valence-corrected chi connectivity index (χ3v) is 6.19. The highest BCUT2D eigenvalue weighted by Crippen LogP contribution is 2.27. The van der Waals surface area contributed by atoms with Gasteiger partial charge in [-0.1, -0.05) is 35.5 Å². The Bertz CT molecular complexity index is 1490. The number of carboxylic acids is 2. The lowest BCUT2D eigenvalue weighted by molar-refractivity contribution is -0.193. The quantitative estimate of drug-likeness (QED) is 0.241. The van der Waals surface area contributed by atoms with Gasteiger partial charge in [-0.05, 0) is 50.6 Å². The molecule has 0 spiro atoms. The number of nitrogens with one attached hydrogen (secondary N) is 1. The molecule has 11 nitrogen and oxygen atoms in total. The van der Waals surface area contributed by atoms with Gasteiger partial charge in [-0.2, -0.15) is 31.4 Å². The molecule has 1 fully saturated rings. The topological polar surface area (TPSA) is 146 Å². The normalized spacial score (nSPS) is 14.2. The lowest BCUT2D eigenvalue weighted by Gasteiger charge is -2.29. The van der Waals surface area contributed by atoms with Gasteiger partial charge in [0.2, 0.25) is 0 Å². The number of aliphatic carboxylic acids is 2. The fraction of sp³-hybridized carbons (Fsp3) is 0.370. The molecule has 4 aromatic rings. The highest BCUT2D eigenvalue weighted by Gasteiger charge is 2.38. The predicted octanol–water partition coefficient (Wildman–Crippen LogP) is 5.28. The summed E-state index contributed by atoms with van der Waals surface area (Å²) < 4.78 is 70.5. The van der Waals surface area contributed by atoms with Crippen molar-refractivity contribution in [2.75, 3.05) is 18.4 Å². The Morgan fingerprint density at radius 1 is 0.977 bits per heavy atom. The molecule has 17 heteroatoms. The van der Waals surface area contributed by atoms with Crippen molar-refractivity contribution in [2.24, 2.45) is 0 Å². The Hall–Kier alpha value is -4.67. The Labute approximate surface area is 246 Å². The number of fused-ring (bicyclic) bond motifs is 1. The zero-order chi connectivity index (χ0) is 32.5. The van der Waals surface area contributed by atoms with Crippen LogP contribution in [0.4, 0.5) is 32.0 Å². The molecular formula is C27H28F6N6O5. The maximum absolute atomic E-state index is 10.6. The fourth-order valence-corrected chi connectivity index (χ4v) is 4.05. The molecule has 4 heterocycles. The van der Waals surface area contributed by atoms with Gasteiger partial charge in [-0.15, -0.1) is 0 Å². The summed E-state index contributed by atoms with van der Waals surface area (Å²) in [6, 6.07) is 16.5. The summed E-state index contributed by atoms with van der Waals surface area (Å²) in [7, 11) is 0. The number of hydrogen-bond acceptors (Lipinski definition) is 8. The van der Waals surface area contributed by atoms with Crippen LogP contribution in [0.25, 0.3) is 5.65 Å². The van der Waals surface area contributed by atoms with E-state index in [1.807, 2.05) is 35.8 Å². The minimum atomic E-state index is -5.08. The molecule has 1 aliphatic heterocycles. The van der Waals surface area contributed by atoms with Gasteiger partial charge in [0, 0.05) is 25.1 Å². The van der Waals surface area contributed by atoms with Crippen LogP contribution in [-0.2, 0) is 22.7 Å². The van der Waals surface area contributed by atoms with Crippen LogP contribution in [0.1, 0.15) is 41.6 Å². The molecule has 3 aromatic heterocycles. The summed E-state index contributed by atoms with van der Waals surface area (Å²) in [5.41, 5.74) is 4.20. The SMILES string of the molecule is Cc1cc(CN2CCC(c3nc4ccc(NCc5ccccc5)cn4n3)CC2)no1.O=C(O)C(F)(F)F.O=C(O)C(F)(F)F. The smallest absolute Gasteiger partial charge is 0.475 e. The van der Waals surface area contributed by atoms with Gasteiger partial charge in [0.05, 0.1) is 17.6 Å². The number of nitrogens with zero attached hydrogens (tertiary/aromatic N) is 5. The average Bonchev–Trinajstić information content (AvgIpc) is 3.58. The second-order valence-corrected chi connectivity index (χ2v) is 9.61. The van der Waals surface area contributed by atoms with Gasteiger partial charge < -0.3 is 20.1 Å². The molecule has 1 aliphatic rings. The van der Waals surface area contributed by atoms with Crippen LogP contribution in [0.5, 0.6) is 0 Å². The van der Waals surface area contributed by atoms with Crippen molar-refractivity contribution < 1.29 is 50.7 Å². The maximum Gasteiger partial charge on any atom is 0.490 e. The van der Waals surface area contributed by atoms with Crippen molar-refractivity contribution in [3.63, 3.8) is 0 Å². The number of anilines is 1. The second-order valence-electron chi connectivity index (χ2n) is 9.61. The molecule has 1 saturated heterocycles. The van der Waals surface area contributed by atoms with Crippen molar-refractivity contribution in [1.82, 2.24) is 24.7 Å². The van der Waals surface area contributed by atoms with Crippen molar-refractivity contribution >= 4 is 23.3 Å². The number of alkyl halides is 6. The number of piperidine rings is 1. The molecule has 0 aliphatic carbocycles. The van der Waals surface area contributed by atoms with Crippen LogP contribution >= 0.6 is 0 Å². The monoisotopic (exact) mass is 630 g/mol. The number of halogens is 6. The van der Waals surface area contributed by atoms with E-state index in [0.29, 0.717) is 5.92 Å². The molecule has 5 rings (SSSR count). The van der Waals surface area contributed by atoms with E-state index in [4.69, 9.17) is 34.4 Å². The van der Waals surface area contributed by atoms with E-state index in [9.17, 15) is 26.3 Å². The molecule has 0 bridgehead atoms. The lowest BCUT2D eigenvalue weighted by atomic mass is 9.96. The Morgan fingerprint density at radius 2 is 1.57 bits per heavy atom. The molecular weight excluding hydrogens is 602 g/mol. The van der Waals surface area contributed by atoms with E-state index in [1.165, 1.54) is 5.56 Å². The van der Waals surface area contributed by atoms with Gasteiger partial charge >= 0.3 is 24.3 Å². The first kappa shape index (κ1) is 33.8. The van der Waals surface area contributed by atoms with E-state index in [2.05, 4.69) is 45.7 Å². The van der Waals surface area contributed by atoms with E-state index in [0.717, 1.165) is 67.6 Å². The predicted molar refractivity (Wildman–Crippen MR) is 143 cm³/mol. The minimum absolute atomic E-state index is 0.404. The molecule has 0 atom stereocenters. The number of aryl methyl sites for hydroxylation is 1. The number of rotatable bonds is 6. The zero-order valence-corrected chi connectivity index (χ0v) is 23.1. The van der Waals surface area contributed by atoms with E-state index in [1.54, 1.807) is 0 Å². The highest BCUT2D eigenvalue weighted by molar-refractivity contribution is 5.73. The molecule has 3 N–H and O–H groups in total. The molecule has 44 heavy (non-hydrogen) atoms. The summed E-state index contributed by atoms with van der Waals surface area (Å²) in [6.45, 7) is 5.61. The minimum Gasteiger partial charge on any atom is -0.475 e. The van der Waals surface area contributed by atoms with Crippen LogP contribution in [0, 0.1) is 6.92 Å². The van der Waals surface area contributed by atoms with Gasteiger partial charge in [0.15, 0.2) is 11.5 Å². The van der Waals surface area contributed by atoms with E-state index < -0.39 is 24.3 Å². The Kier molecular flexibility index (Phi) is 11.3. The number of hydrogen-bond donors (Lipinski definition) is 3. The van der Waals surface area contributed by atoms with Crippen LogP contribution in [0.15, 0.2) is 59.3 Å². The van der Waals surface area contributed by atoms with Crippen molar-refractivity contribution in [2.45, 2.75) is 51.1 Å². The van der Waals surface area contributed by atoms with Crippen molar-refractivity contribution in [3.05, 3.63) is 77.6 Å². The lowest BCUT2D eigenvalue weighted by Crippen LogP contribution is -2.32. The number of carboxylic acid groups (broad SMARTS) is 2. The molecule has 1 aromatic carbocycles. The second kappa shape index (κ2) is 14.7. The summed E-state index contributed by atoms with van der Waals surface area (Å²) >= 11 is 0. The number of pyridine rings is 1. The Morgan fingerprint density at radius 3 is 2.09 bits per heavy atom. The molecule has 0 radical (unpaired) electrons. The largest absolute Gasteiger partial charge is 0.490 e. The van der Waals surface area contributed by atoms with E-state index in [-0.39, 0.29) is 0 Å². The number of likely N-dealkylation sites (tertiary alicyclic amines) is 1. The zero-order valence-electron chi connectivity index (χ0n) is 23.1. The van der Waals surface area contributed by atoms with Crippen LogP contribution < -0.4 is 5.32 Å². The summed E-state index contributed by atoms with van der Waals surface area (Å²) in [6.07, 6.45) is -6.02. The number of benzene rings is 1. The van der Waals surface area contributed by atoms with Gasteiger partial charge in [-0.3, -0.25) is 4.90 Å². The summed E-state index contributed by atoms with van der Waals surface area (Å²) in [4.78, 5) is 25.0. The van der Waals surface area contributed by atoms with E-state index >= 15 is 0 Å². The highest BCUT2D eigenvalue weighted by atomic mass is 19.4. The number of carbonyl (C=O) groups is 2. The Balaban J connectivity index is 0.000000317.